The molecule has 0 saturated carbocycles. The largest absolute Gasteiger partial charge is 0.379 e. The van der Waals surface area contributed by atoms with Gasteiger partial charge in [-0.2, -0.15) is 5.10 Å². The van der Waals surface area contributed by atoms with E-state index < -0.39 is 0 Å². The Kier molecular flexibility index (Phi) is 2.36. The molecule has 66 valence electrons. The van der Waals surface area contributed by atoms with Crippen molar-refractivity contribution in [1.29, 1.82) is 0 Å². The third kappa shape index (κ3) is 1.37. The fraction of sp³-hybridized carbons (Fsp3) is 0.625. The minimum Gasteiger partial charge on any atom is -0.379 e. The van der Waals surface area contributed by atoms with Crippen LogP contribution in [-0.2, 0) is 4.74 Å². The summed E-state index contributed by atoms with van der Waals surface area (Å²) in [6.07, 6.45) is 3.01. The van der Waals surface area contributed by atoms with Gasteiger partial charge >= 0.3 is 0 Å². The van der Waals surface area contributed by atoms with Gasteiger partial charge in [-0.25, -0.2) is 0 Å². The maximum atomic E-state index is 5.31. The van der Waals surface area contributed by atoms with Crippen LogP contribution in [0.1, 0.15) is 18.0 Å². The molecule has 1 aliphatic rings. The molecule has 1 saturated heterocycles. The topological polar surface area (TPSA) is 27.1 Å². The second-order valence-corrected chi connectivity index (χ2v) is 4.10. The van der Waals surface area contributed by atoms with Crippen LogP contribution < -0.4 is 0 Å². The van der Waals surface area contributed by atoms with E-state index in [9.17, 15) is 0 Å². The zero-order valence-electron chi connectivity index (χ0n) is 6.96. The van der Waals surface area contributed by atoms with Gasteiger partial charge in [-0.1, -0.05) is 0 Å². The monoisotopic (exact) mass is 278 g/mol. The number of hydrogen-bond donors (Lipinski definition) is 0. The molecular weight excluding hydrogens is 267 g/mol. The molecule has 1 atom stereocenters. The van der Waals surface area contributed by atoms with Crippen LogP contribution in [0.25, 0.3) is 0 Å². The number of aromatic nitrogens is 2. The predicted octanol–water partition coefficient (Wildman–Crippen LogP) is 1.76. The highest BCUT2D eigenvalue weighted by molar-refractivity contribution is 14.1. The minimum absolute atomic E-state index is 0.464. The van der Waals surface area contributed by atoms with Gasteiger partial charge in [-0.05, 0) is 35.9 Å². The average Bonchev–Trinajstić information content (AvgIpc) is 2.64. The molecular formula is C8H11IN2O. The van der Waals surface area contributed by atoms with E-state index in [1.54, 1.807) is 0 Å². The van der Waals surface area contributed by atoms with E-state index in [0.717, 1.165) is 19.6 Å². The first-order valence-corrected chi connectivity index (χ1v) is 5.14. The van der Waals surface area contributed by atoms with Gasteiger partial charge in [0, 0.05) is 12.2 Å². The van der Waals surface area contributed by atoms with E-state index in [4.69, 9.17) is 4.74 Å². The molecule has 0 spiro atoms. The van der Waals surface area contributed by atoms with Crippen LogP contribution in [0.2, 0.25) is 0 Å². The van der Waals surface area contributed by atoms with Gasteiger partial charge in [0.15, 0.2) is 0 Å². The number of ether oxygens (including phenoxy) is 1. The molecule has 2 heterocycles. The Balaban J connectivity index is 2.26. The van der Waals surface area contributed by atoms with Crippen molar-refractivity contribution in [2.75, 3.05) is 13.2 Å². The Hall–Kier alpha value is -0.100. The van der Waals surface area contributed by atoms with E-state index in [0.29, 0.717) is 6.04 Å². The average molecular weight is 278 g/mol. The summed E-state index contributed by atoms with van der Waals surface area (Å²) in [6, 6.07) is 0.464. The zero-order chi connectivity index (χ0) is 8.55. The van der Waals surface area contributed by atoms with Gasteiger partial charge in [0.25, 0.3) is 0 Å². The number of rotatable bonds is 1. The van der Waals surface area contributed by atoms with Crippen LogP contribution in [0, 0.1) is 10.6 Å². The third-order valence-electron chi connectivity index (χ3n) is 2.15. The van der Waals surface area contributed by atoms with E-state index in [1.165, 1.54) is 9.26 Å². The Morgan fingerprint density at radius 2 is 2.58 bits per heavy atom. The summed E-state index contributed by atoms with van der Waals surface area (Å²) in [6.45, 7) is 3.78. The second-order valence-electron chi connectivity index (χ2n) is 3.08. The number of halogens is 1. The molecule has 1 unspecified atom stereocenters. The van der Waals surface area contributed by atoms with Gasteiger partial charge in [-0.15, -0.1) is 0 Å². The van der Waals surface area contributed by atoms with E-state index in [1.807, 2.05) is 6.20 Å². The van der Waals surface area contributed by atoms with Crippen molar-refractivity contribution in [3.8, 4) is 0 Å². The summed E-state index contributed by atoms with van der Waals surface area (Å²) >= 11 is 2.33. The molecule has 0 radical (unpaired) electrons. The zero-order valence-corrected chi connectivity index (χ0v) is 9.11. The van der Waals surface area contributed by atoms with Gasteiger partial charge in [0.1, 0.15) is 3.70 Å². The van der Waals surface area contributed by atoms with Crippen molar-refractivity contribution in [3.05, 3.63) is 15.5 Å². The maximum absolute atomic E-state index is 5.31. The highest BCUT2D eigenvalue weighted by atomic mass is 127. The van der Waals surface area contributed by atoms with Crippen LogP contribution in [0.15, 0.2) is 6.20 Å². The molecule has 12 heavy (non-hydrogen) atoms. The SMILES string of the molecule is Cc1cnn(C2CCOC2)c1I. The molecule has 1 aliphatic heterocycles. The quantitative estimate of drug-likeness (QED) is 0.732. The van der Waals surface area contributed by atoms with Crippen molar-refractivity contribution in [2.45, 2.75) is 19.4 Å². The van der Waals surface area contributed by atoms with Crippen LogP contribution >= 0.6 is 22.6 Å². The van der Waals surface area contributed by atoms with Gasteiger partial charge < -0.3 is 4.74 Å². The standard InChI is InChI=1S/C8H11IN2O/c1-6-4-10-11(8(6)9)7-2-3-12-5-7/h4,7H,2-3,5H2,1H3. The fourth-order valence-electron chi connectivity index (χ4n) is 1.40. The third-order valence-corrected chi connectivity index (χ3v) is 3.50. The first-order valence-electron chi connectivity index (χ1n) is 4.06. The van der Waals surface area contributed by atoms with E-state index >= 15 is 0 Å². The molecule has 0 amide bonds. The maximum Gasteiger partial charge on any atom is 0.102 e. The van der Waals surface area contributed by atoms with Gasteiger partial charge in [-0.3, -0.25) is 4.68 Å². The van der Waals surface area contributed by atoms with Crippen molar-refractivity contribution in [3.63, 3.8) is 0 Å². The summed E-state index contributed by atoms with van der Waals surface area (Å²) in [5, 5.41) is 4.33. The van der Waals surface area contributed by atoms with Crippen LogP contribution in [0.3, 0.4) is 0 Å². The lowest BCUT2D eigenvalue weighted by molar-refractivity contribution is 0.184. The van der Waals surface area contributed by atoms with Gasteiger partial charge in [0.05, 0.1) is 18.8 Å². The predicted molar refractivity (Wildman–Crippen MR) is 54.2 cm³/mol. The second kappa shape index (κ2) is 3.33. The molecule has 2 rings (SSSR count). The highest BCUT2D eigenvalue weighted by Crippen LogP contribution is 2.22. The first kappa shape index (κ1) is 8.50. The summed E-state index contributed by atoms with van der Waals surface area (Å²) in [7, 11) is 0. The van der Waals surface area contributed by atoms with Crippen molar-refractivity contribution in [1.82, 2.24) is 9.78 Å². The number of aryl methyl sites for hydroxylation is 1. The number of nitrogens with zero attached hydrogens (tertiary/aromatic N) is 2. The Morgan fingerprint density at radius 3 is 3.08 bits per heavy atom. The molecule has 0 N–H and O–H groups in total. The minimum atomic E-state index is 0.464. The lowest BCUT2D eigenvalue weighted by atomic mass is 10.3. The summed E-state index contributed by atoms with van der Waals surface area (Å²) < 4.78 is 8.62. The molecule has 1 fully saturated rings. The van der Waals surface area contributed by atoms with Crippen molar-refractivity contribution in [2.24, 2.45) is 0 Å². The summed E-state index contributed by atoms with van der Waals surface area (Å²) in [5.41, 5.74) is 1.25. The van der Waals surface area contributed by atoms with Crippen molar-refractivity contribution < 1.29 is 4.74 Å². The van der Waals surface area contributed by atoms with Gasteiger partial charge in [0.2, 0.25) is 0 Å². The summed E-state index contributed by atoms with van der Waals surface area (Å²) in [5.74, 6) is 0. The molecule has 1 aromatic heterocycles. The molecule has 1 aromatic rings. The van der Waals surface area contributed by atoms with E-state index in [-0.39, 0.29) is 0 Å². The number of hydrogen-bond acceptors (Lipinski definition) is 2. The Bertz CT molecular complexity index is 279. The lowest BCUT2D eigenvalue weighted by Crippen LogP contribution is -2.11. The molecule has 0 aromatic carbocycles. The van der Waals surface area contributed by atoms with Crippen molar-refractivity contribution >= 4 is 22.6 Å². The normalized spacial score (nSPS) is 23.3. The molecule has 3 nitrogen and oxygen atoms in total. The Morgan fingerprint density at radius 1 is 1.75 bits per heavy atom. The summed E-state index contributed by atoms with van der Waals surface area (Å²) in [4.78, 5) is 0. The van der Waals surface area contributed by atoms with Crippen LogP contribution in [0.4, 0.5) is 0 Å². The van der Waals surface area contributed by atoms with Crippen LogP contribution in [0.5, 0.6) is 0 Å². The molecule has 0 bridgehead atoms. The highest BCUT2D eigenvalue weighted by Gasteiger charge is 2.20. The van der Waals surface area contributed by atoms with E-state index in [2.05, 4.69) is 39.3 Å². The van der Waals surface area contributed by atoms with Crippen LogP contribution in [-0.4, -0.2) is 23.0 Å². The Labute approximate surface area is 85.2 Å². The first-order chi connectivity index (χ1) is 5.79. The smallest absolute Gasteiger partial charge is 0.102 e. The molecule has 4 heteroatoms. The molecule has 0 aliphatic carbocycles. The fourth-order valence-corrected chi connectivity index (χ4v) is 2.06. The lowest BCUT2D eigenvalue weighted by Gasteiger charge is -2.09.